The van der Waals surface area contributed by atoms with Crippen molar-refractivity contribution in [3.63, 3.8) is 0 Å². The van der Waals surface area contributed by atoms with Gasteiger partial charge in [0.25, 0.3) is 0 Å². The molecule has 0 spiro atoms. The minimum atomic E-state index is -1.65. The van der Waals surface area contributed by atoms with E-state index in [2.05, 4.69) is 25.7 Å². The molecule has 1 aliphatic rings. The van der Waals surface area contributed by atoms with E-state index in [0.717, 1.165) is 38.5 Å². The second kappa shape index (κ2) is 32.4. The lowest BCUT2D eigenvalue weighted by molar-refractivity contribution is -0.302. The van der Waals surface area contributed by atoms with Gasteiger partial charge in [-0.15, -0.1) is 0 Å². The van der Waals surface area contributed by atoms with Crippen molar-refractivity contribution < 1.29 is 49.7 Å². The highest BCUT2D eigenvalue weighted by atomic mass is 16.7. The van der Waals surface area contributed by atoms with Gasteiger partial charge in [0.05, 0.1) is 25.4 Å². The summed E-state index contributed by atoms with van der Waals surface area (Å²) in [5.74, 6) is -0.709. The van der Waals surface area contributed by atoms with Crippen molar-refractivity contribution in [2.75, 3.05) is 13.2 Å². The second-order valence-corrected chi connectivity index (χ2v) is 15.4. The number of unbranched alkanes of at least 4 members (excludes halogenated alkanes) is 19. The molecule has 0 aliphatic carbocycles. The monoisotopic (exact) mass is 770 g/mol. The van der Waals surface area contributed by atoms with Crippen LogP contribution in [0.5, 0.6) is 0 Å². The molecule has 1 rings (SSSR count). The fraction of sp³-hybridized carbons (Fsp3) is 0.860. The van der Waals surface area contributed by atoms with Crippen LogP contribution in [0.2, 0.25) is 0 Å². The standard InChI is InChI=1S/C43H79NO10/c1-4-6-8-10-12-13-14-15-16-17-18-20-22-24-30-37(48)42(52)44-34(32-53-43-41(51)40(50)39(49)38(31-45)54-43)36(47)29-26-25-28-35(46)33(3)27-23-21-19-11-9-7-5-2/h26,29,34,36-41,43,45,47-51H,3-25,27-28,30-32H2,1-2H3,(H,44,52). The quantitative estimate of drug-likeness (QED) is 0.0214. The first-order valence-electron chi connectivity index (χ1n) is 21.5. The van der Waals surface area contributed by atoms with E-state index in [1.54, 1.807) is 6.08 Å². The number of ether oxygens (including phenoxy) is 2. The van der Waals surface area contributed by atoms with Crippen LogP contribution in [0.3, 0.4) is 0 Å². The highest BCUT2D eigenvalue weighted by molar-refractivity contribution is 5.94. The molecule has 8 atom stereocenters. The summed E-state index contributed by atoms with van der Waals surface area (Å²) in [5, 5.41) is 64.4. The third-order valence-electron chi connectivity index (χ3n) is 10.5. The molecule has 0 aromatic rings. The Labute approximate surface area is 327 Å². The molecule has 1 amide bonds. The molecule has 0 bridgehead atoms. The summed E-state index contributed by atoms with van der Waals surface area (Å²) in [7, 11) is 0. The molecule has 11 nitrogen and oxygen atoms in total. The number of aliphatic hydroxyl groups excluding tert-OH is 6. The maximum Gasteiger partial charge on any atom is 0.249 e. The molecular weight excluding hydrogens is 690 g/mol. The number of aliphatic hydroxyl groups is 6. The molecule has 11 heteroatoms. The normalized spacial score (nSPS) is 22.0. The Kier molecular flexibility index (Phi) is 30.2. The van der Waals surface area contributed by atoms with Gasteiger partial charge in [-0.2, -0.15) is 0 Å². The van der Waals surface area contributed by atoms with Gasteiger partial charge in [0.2, 0.25) is 5.91 Å². The predicted molar refractivity (Wildman–Crippen MR) is 214 cm³/mol. The molecule has 7 N–H and O–H groups in total. The second-order valence-electron chi connectivity index (χ2n) is 15.4. The SMILES string of the molecule is C=C(CCCCCCCCC)C(=O)CCC=CC(O)C(COC1OC(CO)C(O)C(O)C1O)NC(=O)C(O)CCCCCCCCCCCCCCCC. The molecule has 0 saturated carbocycles. The summed E-state index contributed by atoms with van der Waals surface area (Å²) in [5.41, 5.74) is 0.600. The number of nitrogens with one attached hydrogen (secondary N) is 1. The number of rotatable bonds is 35. The maximum atomic E-state index is 13.0. The Bertz CT molecular complexity index is 991. The van der Waals surface area contributed by atoms with Crippen molar-refractivity contribution in [1.82, 2.24) is 5.32 Å². The fourth-order valence-electron chi connectivity index (χ4n) is 6.77. The zero-order chi connectivity index (χ0) is 40.0. The van der Waals surface area contributed by atoms with Crippen molar-refractivity contribution in [3.8, 4) is 0 Å². The van der Waals surface area contributed by atoms with Gasteiger partial charge in [0, 0.05) is 6.42 Å². The van der Waals surface area contributed by atoms with Crippen LogP contribution in [0.15, 0.2) is 24.3 Å². The van der Waals surface area contributed by atoms with E-state index >= 15 is 0 Å². The molecule has 316 valence electrons. The average molecular weight is 770 g/mol. The maximum absolute atomic E-state index is 13.0. The van der Waals surface area contributed by atoms with E-state index in [4.69, 9.17) is 9.47 Å². The number of hydrogen-bond acceptors (Lipinski definition) is 10. The highest BCUT2D eigenvalue weighted by Crippen LogP contribution is 2.23. The van der Waals surface area contributed by atoms with Crippen LogP contribution in [0.1, 0.15) is 174 Å². The van der Waals surface area contributed by atoms with Gasteiger partial charge in [-0.05, 0) is 31.3 Å². The van der Waals surface area contributed by atoms with Gasteiger partial charge in [-0.25, -0.2) is 0 Å². The Balaban J connectivity index is 2.57. The van der Waals surface area contributed by atoms with E-state index in [9.17, 15) is 40.2 Å². The van der Waals surface area contributed by atoms with Gasteiger partial charge in [0.1, 0.15) is 30.5 Å². The zero-order valence-corrected chi connectivity index (χ0v) is 33.9. The van der Waals surface area contributed by atoms with E-state index < -0.39 is 61.5 Å². The van der Waals surface area contributed by atoms with Crippen LogP contribution >= 0.6 is 0 Å². The first-order valence-corrected chi connectivity index (χ1v) is 21.5. The third-order valence-corrected chi connectivity index (χ3v) is 10.5. The summed E-state index contributed by atoms with van der Waals surface area (Å²) in [6, 6.07) is -1.09. The fourth-order valence-corrected chi connectivity index (χ4v) is 6.77. The molecular formula is C43H79NO10. The molecule has 0 aromatic heterocycles. The molecule has 1 aliphatic heterocycles. The zero-order valence-electron chi connectivity index (χ0n) is 33.9. The molecule has 1 heterocycles. The summed E-state index contributed by atoms with van der Waals surface area (Å²) >= 11 is 0. The minimum Gasteiger partial charge on any atom is -0.394 e. The van der Waals surface area contributed by atoms with Crippen LogP contribution in [-0.4, -0.2) is 104 Å². The number of Topliss-reactive ketones (excluding diaryl/α,β-unsaturated/α-hetero) is 1. The van der Waals surface area contributed by atoms with Crippen molar-refractivity contribution in [3.05, 3.63) is 24.3 Å². The Morgan fingerprint density at radius 2 is 1.22 bits per heavy atom. The van der Waals surface area contributed by atoms with Crippen LogP contribution in [0.4, 0.5) is 0 Å². The number of amides is 1. The van der Waals surface area contributed by atoms with Crippen LogP contribution in [-0.2, 0) is 19.1 Å². The summed E-state index contributed by atoms with van der Waals surface area (Å²) in [6.07, 6.45) is 19.4. The molecule has 0 radical (unpaired) electrons. The van der Waals surface area contributed by atoms with Crippen LogP contribution in [0.25, 0.3) is 0 Å². The lowest BCUT2D eigenvalue weighted by atomic mass is 9.99. The first kappa shape index (κ1) is 50.3. The Morgan fingerprint density at radius 3 is 1.74 bits per heavy atom. The van der Waals surface area contributed by atoms with Gasteiger partial charge in [-0.3, -0.25) is 9.59 Å². The smallest absolute Gasteiger partial charge is 0.249 e. The van der Waals surface area contributed by atoms with E-state index in [1.165, 1.54) is 96.0 Å². The van der Waals surface area contributed by atoms with Crippen molar-refractivity contribution in [2.24, 2.45) is 0 Å². The number of carbonyl (C=O) groups is 2. The van der Waals surface area contributed by atoms with Gasteiger partial charge < -0.3 is 45.4 Å². The van der Waals surface area contributed by atoms with Crippen molar-refractivity contribution in [1.29, 1.82) is 0 Å². The summed E-state index contributed by atoms with van der Waals surface area (Å²) in [4.78, 5) is 25.6. The number of allylic oxidation sites excluding steroid dienone is 2. The summed E-state index contributed by atoms with van der Waals surface area (Å²) in [6.45, 7) is 7.37. The molecule has 1 fully saturated rings. The topological polar surface area (TPSA) is 186 Å². The number of hydrogen-bond donors (Lipinski definition) is 7. The van der Waals surface area contributed by atoms with Crippen molar-refractivity contribution in [2.45, 2.75) is 223 Å². The minimum absolute atomic E-state index is 0.0254. The Hall–Kier alpha value is -1.70. The molecule has 8 unspecified atom stereocenters. The van der Waals surface area contributed by atoms with Gasteiger partial charge in [0.15, 0.2) is 12.1 Å². The molecule has 54 heavy (non-hydrogen) atoms. The molecule has 0 aromatic carbocycles. The summed E-state index contributed by atoms with van der Waals surface area (Å²) < 4.78 is 11.0. The van der Waals surface area contributed by atoms with Crippen LogP contribution < -0.4 is 5.32 Å². The van der Waals surface area contributed by atoms with Crippen LogP contribution in [0, 0.1) is 0 Å². The van der Waals surface area contributed by atoms with E-state index in [0.29, 0.717) is 24.8 Å². The average Bonchev–Trinajstić information content (AvgIpc) is 3.17. The third kappa shape index (κ3) is 22.8. The first-order chi connectivity index (χ1) is 26.1. The predicted octanol–water partition coefficient (Wildman–Crippen LogP) is 6.48. The molecule has 1 saturated heterocycles. The van der Waals surface area contributed by atoms with Crippen molar-refractivity contribution >= 4 is 11.7 Å². The lowest BCUT2D eigenvalue weighted by Gasteiger charge is -2.40. The largest absolute Gasteiger partial charge is 0.394 e. The lowest BCUT2D eigenvalue weighted by Crippen LogP contribution is -2.60. The van der Waals surface area contributed by atoms with Gasteiger partial charge >= 0.3 is 0 Å². The van der Waals surface area contributed by atoms with E-state index in [1.807, 2.05) is 0 Å². The number of carbonyl (C=O) groups excluding carboxylic acids is 2. The van der Waals surface area contributed by atoms with Gasteiger partial charge in [-0.1, -0.05) is 161 Å². The number of ketones is 1. The highest BCUT2D eigenvalue weighted by Gasteiger charge is 2.44. The van der Waals surface area contributed by atoms with E-state index in [-0.39, 0.29) is 25.2 Å². The Morgan fingerprint density at radius 1 is 0.722 bits per heavy atom.